The minimum Gasteiger partial charge on any atom is -0.323 e. The molecular weight excluding hydrogens is 232 g/mol. The van der Waals surface area contributed by atoms with Crippen LogP contribution in [0.2, 0.25) is 0 Å². The molecule has 0 bridgehead atoms. The second kappa shape index (κ2) is 6.53. The van der Waals surface area contributed by atoms with E-state index in [0.717, 1.165) is 18.3 Å². The Kier molecular flexibility index (Phi) is 5.00. The summed E-state index contributed by atoms with van der Waals surface area (Å²) in [7, 11) is 0. The highest BCUT2D eigenvalue weighted by Gasteiger charge is 2.30. The van der Waals surface area contributed by atoms with Crippen LogP contribution >= 0.6 is 0 Å². The average Bonchev–Trinajstić information content (AvgIpc) is 2.39. The Bertz CT molecular complexity index is 366. The number of hydrogen-bond acceptors (Lipinski definition) is 2. The highest BCUT2D eigenvalue weighted by Crippen LogP contribution is 2.28. The minimum absolute atomic E-state index is 0.128. The van der Waals surface area contributed by atoms with Crippen LogP contribution in [0, 0.1) is 11.8 Å². The first-order valence-corrected chi connectivity index (χ1v) is 7.66. The summed E-state index contributed by atoms with van der Waals surface area (Å²) in [5.41, 5.74) is 7.79. The van der Waals surface area contributed by atoms with Gasteiger partial charge in [0, 0.05) is 25.2 Å². The van der Waals surface area contributed by atoms with Crippen molar-refractivity contribution in [3.05, 3.63) is 35.9 Å². The molecule has 0 aromatic heterocycles. The van der Waals surface area contributed by atoms with Crippen molar-refractivity contribution >= 4 is 0 Å². The lowest BCUT2D eigenvalue weighted by molar-refractivity contribution is 0.0798. The van der Waals surface area contributed by atoms with Crippen molar-refractivity contribution in [1.82, 2.24) is 4.90 Å². The van der Waals surface area contributed by atoms with Gasteiger partial charge < -0.3 is 5.73 Å². The van der Waals surface area contributed by atoms with E-state index in [1.807, 2.05) is 0 Å². The highest BCUT2D eigenvalue weighted by molar-refractivity contribution is 5.20. The number of rotatable bonds is 4. The van der Waals surface area contributed by atoms with Crippen molar-refractivity contribution in [3.63, 3.8) is 0 Å². The van der Waals surface area contributed by atoms with Gasteiger partial charge in [-0.15, -0.1) is 0 Å². The quantitative estimate of drug-likeness (QED) is 0.898. The molecule has 1 fully saturated rings. The molecule has 1 heterocycles. The SMILES string of the molecule is CCC(C(N)c1ccccc1)N1CC(C)CC(C)C1. The van der Waals surface area contributed by atoms with Crippen LogP contribution in [0.1, 0.15) is 45.2 Å². The van der Waals surface area contributed by atoms with E-state index in [2.05, 4.69) is 56.0 Å². The summed E-state index contributed by atoms with van der Waals surface area (Å²) >= 11 is 0. The Morgan fingerprint density at radius 1 is 1.16 bits per heavy atom. The molecule has 4 unspecified atom stereocenters. The average molecular weight is 260 g/mol. The van der Waals surface area contributed by atoms with Crippen LogP contribution in [0.4, 0.5) is 0 Å². The number of piperidine rings is 1. The first kappa shape index (κ1) is 14.5. The molecular formula is C17H28N2. The summed E-state index contributed by atoms with van der Waals surface area (Å²) in [5.74, 6) is 1.58. The fourth-order valence-corrected chi connectivity index (χ4v) is 3.62. The topological polar surface area (TPSA) is 29.3 Å². The van der Waals surface area contributed by atoms with Gasteiger partial charge in [0.15, 0.2) is 0 Å². The second-order valence-electron chi connectivity index (χ2n) is 6.31. The first-order chi connectivity index (χ1) is 9.11. The van der Waals surface area contributed by atoms with Gasteiger partial charge in [0.2, 0.25) is 0 Å². The standard InChI is InChI=1S/C17H28N2/c1-4-16(17(18)15-8-6-5-7-9-15)19-11-13(2)10-14(3)12-19/h5-9,13-14,16-17H,4,10-12,18H2,1-3H3. The van der Waals surface area contributed by atoms with Crippen molar-refractivity contribution in [2.45, 2.75) is 45.7 Å². The molecule has 2 rings (SSSR count). The van der Waals surface area contributed by atoms with E-state index in [1.54, 1.807) is 0 Å². The molecule has 1 saturated heterocycles. The van der Waals surface area contributed by atoms with Gasteiger partial charge in [-0.2, -0.15) is 0 Å². The lowest BCUT2D eigenvalue weighted by atomic mass is 9.88. The summed E-state index contributed by atoms with van der Waals surface area (Å²) in [5, 5.41) is 0. The molecule has 0 spiro atoms. The second-order valence-corrected chi connectivity index (χ2v) is 6.31. The summed E-state index contributed by atoms with van der Waals surface area (Å²) < 4.78 is 0. The Balaban J connectivity index is 2.11. The Morgan fingerprint density at radius 2 is 1.74 bits per heavy atom. The number of likely N-dealkylation sites (tertiary alicyclic amines) is 1. The zero-order valence-electron chi connectivity index (χ0n) is 12.5. The molecule has 0 amide bonds. The van der Waals surface area contributed by atoms with E-state index in [-0.39, 0.29) is 6.04 Å². The fourth-order valence-electron chi connectivity index (χ4n) is 3.62. The van der Waals surface area contributed by atoms with Crippen molar-refractivity contribution in [1.29, 1.82) is 0 Å². The number of nitrogens with zero attached hydrogens (tertiary/aromatic N) is 1. The monoisotopic (exact) mass is 260 g/mol. The van der Waals surface area contributed by atoms with E-state index in [0.29, 0.717) is 6.04 Å². The molecule has 0 saturated carbocycles. The predicted octanol–water partition coefficient (Wildman–Crippen LogP) is 3.44. The Labute approximate surface area is 118 Å². The number of hydrogen-bond donors (Lipinski definition) is 1. The zero-order chi connectivity index (χ0) is 13.8. The molecule has 2 nitrogen and oxygen atoms in total. The van der Waals surface area contributed by atoms with E-state index in [1.165, 1.54) is 25.1 Å². The van der Waals surface area contributed by atoms with Crippen LogP contribution in [0.25, 0.3) is 0 Å². The maximum absolute atomic E-state index is 6.53. The van der Waals surface area contributed by atoms with Gasteiger partial charge in [0.25, 0.3) is 0 Å². The third-order valence-corrected chi connectivity index (χ3v) is 4.38. The predicted molar refractivity (Wildman–Crippen MR) is 82.0 cm³/mol. The van der Waals surface area contributed by atoms with Crippen LogP contribution in [-0.2, 0) is 0 Å². The van der Waals surface area contributed by atoms with Gasteiger partial charge in [-0.3, -0.25) is 4.90 Å². The maximum atomic E-state index is 6.53. The molecule has 4 atom stereocenters. The first-order valence-electron chi connectivity index (χ1n) is 7.66. The molecule has 2 heteroatoms. The normalized spacial score (nSPS) is 28.0. The molecule has 1 aliphatic heterocycles. The van der Waals surface area contributed by atoms with Crippen LogP contribution in [-0.4, -0.2) is 24.0 Å². The molecule has 106 valence electrons. The third kappa shape index (κ3) is 3.58. The van der Waals surface area contributed by atoms with Gasteiger partial charge in [0.05, 0.1) is 0 Å². The summed E-state index contributed by atoms with van der Waals surface area (Å²) in [4.78, 5) is 2.62. The smallest absolute Gasteiger partial charge is 0.0453 e. The molecule has 19 heavy (non-hydrogen) atoms. The lowest BCUT2D eigenvalue weighted by Gasteiger charge is -2.42. The van der Waals surface area contributed by atoms with Gasteiger partial charge in [-0.05, 0) is 30.2 Å². The molecule has 2 N–H and O–H groups in total. The largest absolute Gasteiger partial charge is 0.323 e. The van der Waals surface area contributed by atoms with Crippen LogP contribution in [0.15, 0.2) is 30.3 Å². The third-order valence-electron chi connectivity index (χ3n) is 4.38. The lowest BCUT2D eigenvalue weighted by Crippen LogP contribution is -2.49. The minimum atomic E-state index is 0.128. The molecule has 1 aromatic carbocycles. The van der Waals surface area contributed by atoms with E-state index in [9.17, 15) is 0 Å². The van der Waals surface area contributed by atoms with Gasteiger partial charge in [0.1, 0.15) is 0 Å². The highest BCUT2D eigenvalue weighted by atomic mass is 15.2. The summed E-state index contributed by atoms with van der Waals surface area (Å²) in [6.07, 6.45) is 2.48. The van der Waals surface area contributed by atoms with Crippen LogP contribution in [0.3, 0.4) is 0 Å². The maximum Gasteiger partial charge on any atom is 0.0453 e. The zero-order valence-corrected chi connectivity index (χ0v) is 12.5. The van der Waals surface area contributed by atoms with Gasteiger partial charge in [-0.1, -0.05) is 51.1 Å². The number of benzene rings is 1. The molecule has 0 aliphatic carbocycles. The molecule has 0 radical (unpaired) electrons. The van der Waals surface area contributed by atoms with Crippen molar-refractivity contribution in [2.24, 2.45) is 17.6 Å². The number of nitrogens with two attached hydrogens (primary N) is 1. The Morgan fingerprint density at radius 3 is 2.26 bits per heavy atom. The summed E-state index contributed by atoms with van der Waals surface area (Å²) in [6, 6.07) is 11.1. The molecule has 1 aliphatic rings. The van der Waals surface area contributed by atoms with Crippen molar-refractivity contribution < 1.29 is 0 Å². The van der Waals surface area contributed by atoms with E-state index < -0.39 is 0 Å². The van der Waals surface area contributed by atoms with E-state index in [4.69, 9.17) is 5.73 Å². The fraction of sp³-hybridized carbons (Fsp3) is 0.647. The van der Waals surface area contributed by atoms with Crippen molar-refractivity contribution in [3.8, 4) is 0 Å². The van der Waals surface area contributed by atoms with E-state index >= 15 is 0 Å². The van der Waals surface area contributed by atoms with Crippen LogP contribution in [0.5, 0.6) is 0 Å². The Hall–Kier alpha value is -0.860. The molecule has 1 aromatic rings. The van der Waals surface area contributed by atoms with Crippen molar-refractivity contribution in [2.75, 3.05) is 13.1 Å². The van der Waals surface area contributed by atoms with Gasteiger partial charge >= 0.3 is 0 Å². The van der Waals surface area contributed by atoms with Gasteiger partial charge in [-0.25, -0.2) is 0 Å². The van der Waals surface area contributed by atoms with Crippen LogP contribution < -0.4 is 5.73 Å². The summed E-state index contributed by atoms with van der Waals surface area (Å²) in [6.45, 7) is 9.39.